The number of ether oxygens (including phenoxy) is 1. The number of nitrogens with zero attached hydrogens (tertiary/aromatic N) is 2. The molecule has 3 aromatic rings. The van der Waals surface area contributed by atoms with Gasteiger partial charge in [0.1, 0.15) is 16.6 Å². The van der Waals surface area contributed by atoms with Gasteiger partial charge in [-0.15, -0.1) is 0 Å². The molecule has 0 spiro atoms. The Kier molecular flexibility index (Phi) is 3.09. The van der Waals surface area contributed by atoms with Crippen molar-refractivity contribution in [1.29, 1.82) is 0 Å². The molecule has 1 aromatic carbocycles. The molecule has 0 radical (unpaired) electrons. The molecule has 0 atom stereocenters. The van der Waals surface area contributed by atoms with Crippen molar-refractivity contribution >= 4 is 10.9 Å². The zero-order valence-electron chi connectivity index (χ0n) is 10.9. The first-order valence-corrected chi connectivity index (χ1v) is 6.00. The zero-order valence-corrected chi connectivity index (χ0v) is 10.9. The lowest BCUT2D eigenvalue weighted by molar-refractivity contribution is 0.380. The number of nitrogens with one attached hydrogen (secondary N) is 1. The van der Waals surface area contributed by atoms with Gasteiger partial charge in [-0.2, -0.15) is 9.37 Å². The van der Waals surface area contributed by atoms with E-state index in [4.69, 9.17) is 4.74 Å². The standard InChI is InChI=1S/C14H9F2N3O2/c1-21-14-18-11-8(13(20)19-14)9(15)12(16)17-10(11)7-5-3-2-4-6-7/h2-6H,1H3,(H,18,19,20). The lowest BCUT2D eigenvalue weighted by Crippen LogP contribution is -2.14. The summed E-state index contributed by atoms with van der Waals surface area (Å²) in [4.78, 5) is 21.7. The molecule has 0 unspecified atom stereocenters. The molecule has 0 amide bonds. The third kappa shape index (κ3) is 2.12. The van der Waals surface area contributed by atoms with Gasteiger partial charge in [0.05, 0.1) is 7.11 Å². The van der Waals surface area contributed by atoms with Gasteiger partial charge >= 0.3 is 0 Å². The lowest BCUT2D eigenvalue weighted by atomic mass is 10.1. The van der Waals surface area contributed by atoms with E-state index in [0.717, 1.165) is 0 Å². The van der Waals surface area contributed by atoms with Crippen LogP contribution >= 0.6 is 0 Å². The Balaban J connectivity index is 2.48. The normalized spacial score (nSPS) is 10.8. The second-order valence-electron chi connectivity index (χ2n) is 4.23. The molecule has 0 fully saturated rings. The van der Waals surface area contributed by atoms with Crippen LogP contribution in [0.25, 0.3) is 22.2 Å². The molecule has 0 aliphatic carbocycles. The molecule has 106 valence electrons. The predicted octanol–water partition coefficient (Wildman–Crippen LogP) is 2.27. The van der Waals surface area contributed by atoms with Crippen molar-refractivity contribution in [2.24, 2.45) is 0 Å². The molecule has 0 saturated heterocycles. The summed E-state index contributed by atoms with van der Waals surface area (Å²) in [5, 5.41) is -0.484. The number of H-pyrrole nitrogens is 1. The van der Waals surface area contributed by atoms with Gasteiger partial charge in [0.15, 0.2) is 5.82 Å². The molecule has 0 aliphatic rings. The van der Waals surface area contributed by atoms with E-state index in [-0.39, 0.29) is 17.2 Å². The Labute approximate surface area is 117 Å². The van der Waals surface area contributed by atoms with E-state index < -0.39 is 22.7 Å². The van der Waals surface area contributed by atoms with E-state index in [9.17, 15) is 13.6 Å². The largest absolute Gasteiger partial charge is 0.468 e. The Morgan fingerprint density at radius 2 is 1.86 bits per heavy atom. The second-order valence-corrected chi connectivity index (χ2v) is 4.23. The summed E-state index contributed by atoms with van der Waals surface area (Å²) >= 11 is 0. The van der Waals surface area contributed by atoms with Crippen LogP contribution in [-0.4, -0.2) is 22.1 Å². The number of hydrogen-bond acceptors (Lipinski definition) is 4. The van der Waals surface area contributed by atoms with Crippen LogP contribution < -0.4 is 10.3 Å². The second kappa shape index (κ2) is 4.93. The molecule has 2 heterocycles. The van der Waals surface area contributed by atoms with Crippen LogP contribution in [0.1, 0.15) is 0 Å². The number of pyridine rings is 1. The molecule has 0 bridgehead atoms. The fourth-order valence-corrected chi connectivity index (χ4v) is 2.02. The predicted molar refractivity (Wildman–Crippen MR) is 72.1 cm³/mol. The Hall–Kier alpha value is -2.83. The van der Waals surface area contributed by atoms with Crippen molar-refractivity contribution in [3.63, 3.8) is 0 Å². The molecule has 7 heteroatoms. The van der Waals surface area contributed by atoms with E-state index >= 15 is 0 Å². The first kappa shape index (κ1) is 13.2. The maximum Gasteiger partial charge on any atom is 0.296 e. The highest BCUT2D eigenvalue weighted by atomic mass is 19.2. The molecular weight excluding hydrogens is 280 g/mol. The molecule has 2 aromatic heterocycles. The SMILES string of the molecule is COc1nc2c(-c3ccccc3)nc(F)c(F)c2c(=O)[nH]1. The van der Waals surface area contributed by atoms with Gasteiger partial charge in [-0.25, -0.2) is 9.37 Å². The van der Waals surface area contributed by atoms with Crippen LogP contribution in [-0.2, 0) is 0 Å². The first-order chi connectivity index (χ1) is 10.1. The van der Waals surface area contributed by atoms with Gasteiger partial charge in [0.2, 0.25) is 5.95 Å². The number of aromatic nitrogens is 3. The number of benzene rings is 1. The Morgan fingerprint density at radius 1 is 1.14 bits per heavy atom. The summed E-state index contributed by atoms with van der Waals surface area (Å²) in [6.45, 7) is 0. The van der Waals surface area contributed by atoms with Crippen LogP contribution in [0.2, 0.25) is 0 Å². The van der Waals surface area contributed by atoms with Crippen molar-refractivity contribution in [2.75, 3.05) is 7.11 Å². The first-order valence-electron chi connectivity index (χ1n) is 6.00. The summed E-state index contributed by atoms with van der Waals surface area (Å²) in [5.74, 6) is -2.68. The van der Waals surface area contributed by atoms with Crippen LogP contribution in [0.15, 0.2) is 35.1 Å². The summed E-state index contributed by atoms with van der Waals surface area (Å²) in [5.41, 5.74) is -0.288. The summed E-state index contributed by atoms with van der Waals surface area (Å²) < 4.78 is 32.4. The number of methoxy groups -OCH3 is 1. The maximum absolute atomic E-state index is 13.9. The smallest absolute Gasteiger partial charge is 0.296 e. The number of halogens is 2. The fourth-order valence-electron chi connectivity index (χ4n) is 2.02. The van der Waals surface area contributed by atoms with Gasteiger partial charge in [0.25, 0.3) is 11.6 Å². The van der Waals surface area contributed by atoms with Gasteiger partial charge in [0, 0.05) is 5.56 Å². The topological polar surface area (TPSA) is 67.9 Å². The van der Waals surface area contributed by atoms with E-state index in [0.29, 0.717) is 5.56 Å². The average molecular weight is 289 g/mol. The minimum absolute atomic E-state index is 0.0549. The molecule has 0 aliphatic heterocycles. The van der Waals surface area contributed by atoms with E-state index in [1.165, 1.54) is 7.11 Å². The highest BCUT2D eigenvalue weighted by Gasteiger charge is 2.20. The van der Waals surface area contributed by atoms with E-state index in [1.54, 1.807) is 30.3 Å². The van der Waals surface area contributed by atoms with E-state index in [1.807, 2.05) is 0 Å². The molecule has 3 rings (SSSR count). The lowest BCUT2D eigenvalue weighted by Gasteiger charge is -2.07. The average Bonchev–Trinajstić information content (AvgIpc) is 2.51. The van der Waals surface area contributed by atoms with Crippen LogP contribution in [0, 0.1) is 11.8 Å². The van der Waals surface area contributed by atoms with Crippen molar-refractivity contribution < 1.29 is 13.5 Å². The van der Waals surface area contributed by atoms with Crippen molar-refractivity contribution in [3.8, 4) is 17.3 Å². The third-order valence-corrected chi connectivity index (χ3v) is 2.97. The minimum atomic E-state index is -1.35. The number of hydrogen-bond donors (Lipinski definition) is 1. The highest BCUT2D eigenvalue weighted by molar-refractivity contribution is 5.91. The van der Waals surface area contributed by atoms with Crippen molar-refractivity contribution in [3.05, 3.63) is 52.5 Å². The minimum Gasteiger partial charge on any atom is -0.468 e. The van der Waals surface area contributed by atoms with Crippen molar-refractivity contribution in [2.45, 2.75) is 0 Å². The number of rotatable bonds is 2. The van der Waals surface area contributed by atoms with E-state index in [2.05, 4.69) is 15.0 Å². The molecule has 5 nitrogen and oxygen atoms in total. The maximum atomic E-state index is 13.9. The number of aromatic amines is 1. The molecular formula is C14H9F2N3O2. The van der Waals surface area contributed by atoms with Crippen LogP contribution in [0.5, 0.6) is 6.01 Å². The zero-order chi connectivity index (χ0) is 15.0. The van der Waals surface area contributed by atoms with Crippen LogP contribution in [0.3, 0.4) is 0 Å². The van der Waals surface area contributed by atoms with Gasteiger partial charge in [-0.1, -0.05) is 30.3 Å². The van der Waals surface area contributed by atoms with Gasteiger partial charge in [-0.3, -0.25) is 9.78 Å². The number of fused-ring (bicyclic) bond motifs is 1. The molecule has 0 saturated carbocycles. The Bertz CT molecular complexity index is 879. The van der Waals surface area contributed by atoms with Crippen molar-refractivity contribution in [1.82, 2.24) is 15.0 Å². The summed E-state index contributed by atoms with van der Waals surface area (Å²) in [6, 6.07) is 8.43. The summed E-state index contributed by atoms with van der Waals surface area (Å²) in [7, 11) is 1.31. The molecule has 1 N–H and O–H groups in total. The highest BCUT2D eigenvalue weighted by Crippen LogP contribution is 2.27. The van der Waals surface area contributed by atoms with Gasteiger partial charge in [-0.05, 0) is 0 Å². The third-order valence-electron chi connectivity index (χ3n) is 2.97. The monoisotopic (exact) mass is 289 g/mol. The fraction of sp³-hybridized carbons (Fsp3) is 0.0714. The quantitative estimate of drug-likeness (QED) is 0.735. The Morgan fingerprint density at radius 3 is 2.52 bits per heavy atom. The summed E-state index contributed by atoms with van der Waals surface area (Å²) in [6.07, 6.45) is 0. The van der Waals surface area contributed by atoms with Crippen LogP contribution in [0.4, 0.5) is 8.78 Å². The van der Waals surface area contributed by atoms with Gasteiger partial charge < -0.3 is 4.74 Å². The molecule has 21 heavy (non-hydrogen) atoms.